The molecule has 180 valence electrons. The Bertz CT molecular complexity index is 1290. The third-order valence-electron chi connectivity index (χ3n) is 8.40. The minimum Gasteiger partial charge on any atom is -0.478 e. The van der Waals surface area contributed by atoms with Gasteiger partial charge in [0.15, 0.2) is 0 Å². The van der Waals surface area contributed by atoms with Crippen molar-refractivity contribution in [3.8, 4) is 6.07 Å². The van der Waals surface area contributed by atoms with E-state index in [1.165, 1.54) is 46.0 Å². The number of nitrogens with one attached hydrogen (secondary N) is 1. The predicted octanol–water partition coefficient (Wildman–Crippen LogP) is 5.21. The molecule has 0 radical (unpaired) electrons. The number of fused-ring (bicyclic) bond motifs is 1. The van der Waals surface area contributed by atoms with Crippen LogP contribution in [0.4, 0.5) is 0 Å². The summed E-state index contributed by atoms with van der Waals surface area (Å²) < 4.78 is 0. The van der Waals surface area contributed by atoms with E-state index in [2.05, 4.69) is 46.1 Å². The van der Waals surface area contributed by atoms with Gasteiger partial charge in [0.25, 0.3) is 0 Å². The number of nitrogens with zero attached hydrogens (tertiary/aromatic N) is 3. The minimum absolute atomic E-state index is 0.164. The summed E-state index contributed by atoms with van der Waals surface area (Å²) in [6.45, 7) is 5.85. The van der Waals surface area contributed by atoms with Crippen LogP contribution in [-0.2, 0) is 6.54 Å². The number of hydrogen-bond donors (Lipinski definition) is 2. The Labute approximate surface area is 206 Å². The standard InChI is InChI=1S/C29H32N4O2/c1-18-12-25(20-2-3-20)26(24-8-10-31-28(18)24)17-32-11-9-23(33-15-19(14-30)16-33)13-27(32)21-4-6-22(7-5-21)29(34)35/h4-8,10,12,19-20,23,27,31H,2-3,9,11,13,15-17H2,1H3,(H,34,35)/t23-,27+/m1/s1. The summed E-state index contributed by atoms with van der Waals surface area (Å²) in [5.41, 5.74) is 7.04. The molecule has 3 heterocycles. The van der Waals surface area contributed by atoms with Crippen molar-refractivity contribution in [2.24, 2.45) is 5.92 Å². The van der Waals surface area contributed by atoms with Gasteiger partial charge in [0.05, 0.1) is 17.6 Å². The van der Waals surface area contributed by atoms with Crippen LogP contribution in [0.3, 0.4) is 0 Å². The zero-order valence-corrected chi connectivity index (χ0v) is 20.2. The molecule has 0 amide bonds. The van der Waals surface area contributed by atoms with Gasteiger partial charge in [-0.25, -0.2) is 4.79 Å². The van der Waals surface area contributed by atoms with Gasteiger partial charge in [-0.15, -0.1) is 0 Å². The number of carboxylic acids is 1. The number of aromatic amines is 1. The minimum atomic E-state index is -0.887. The number of hydrogen-bond acceptors (Lipinski definition) is 4. The molecule has 6 rings (SSSR count). The number of carbonyl (C=O) groups is 1. The second kappa shape index (κ2) is 8.82. The Morgan fingerprint density at radius 1 is 1.17 bits per heavy atom. The molecule has 1 saturated carbocycles. The lowest BCUT2D eigenvalue weighted by Crippen LogP contribution is -2.55. The van der Waals surface area contributed by atoms with Crippen molar-refractivity contribution in [2.45, 2.75) is 57.2 Å². The van der Waals surface area contributed by atoms with E-state index in [1.54, 1.807) is 12.1 Å². The molecule has 0 spiro atoms. The van der Waals surface area contributed by atoms with E-state index in [0.29, 0.717) is 17.5 Å². The molecule has 2 aliphatic heterocycles. The molecule has 6 nitrogen and oxygen atoms in total. The third kappa shape index (κ3) is 4.13. The van der Waals surface area contributed by atoms with Gasteiger partial charge in [0.2, 0.25) is 0 Å². The average molecular weight is 469 g/mol. The average Bonchev–Trinajstić information content (AvgIpc) is 3.56. The summed E-state index contributed by atoms with van der Waals surface area (Å²) in [7, 11) is 0. The summed E-state index contributed by atoms with van der Waals surface area (Å²) in [5, 5.41) is 20.0. The smallest absolute Gasteiger partial charge is 0.335 e. The summed E-state index contributed by atoms with van der Waals surface area (Å²) in [6.07, 6.45) is 6.72. The SMILES string of the molecule is Cc1cc(C2CC2)c(CN2CC[C@@H](N3CC(C#N)C3)C[C@H]2c2ccc(C(=O)O)cc2)c2cc[nH]c12. The summed E-state index contributed by atoms with van der Waals surface area (Å²) >= 11 is 0. The Kier molecular flexibility index (Phi) is 5.63. The fourth-order valence-electron chi connectivity index (χ4n) is 6.24. The van der Waals surface area contributed by atoms with Gasteiger partial charge in [-0.1, -0.05) is 18.2 Å². The van der Waals surface area contributed by atoms with E-state index >= 15 is 0 Å². The lowest BCUT2D eigenvalue weighted by molar-refractivity contribution is 0.0119. The van der Waals surface area contributed by atoms with Crippen LogP contribution in [0.1, 0.15) is 70.3 Å². The second-order valence-electron chi connectivity index (χ2n) is 10.7. The Morgan fingerprint density at radius 3 is 2.63 bits per heavy atom. The second-order valence-corrected chi connectivity index (χ2v) is 10.7. The van der Waals surface area contributed by atoms with Gasteiger partial charge in [-0.3, -0.25) is 9.80 Å². The molecule has 2 N–H and O–H groups in total. The van der Waals surface area contributed by atoms with Crippen LogP contribution in [0.25, 0.3) is 10.9 Å². The van der Waals surface area contributed by atoms with Crippen molar-refractivity contribution in [2.75, 3.05) is 19.6 Å². The fraction of sp³-hybridized carbons (Fsp3) is 0.448. The number of H-pyrrole nitrogens is 1. The Balaban J connectivity index is 1.33. The van der Waals surface area contributed by atoms with Gasteiger partial charge in [-0.05, 0) is 79.0 Å². The van der Waals surface area contributed by atoms with Crippen molar-refractivity contribution in [3.63, 3.8) is 0 Å². The molecule has 1 aromatic heterocycles. The van der Waals surface area contributed by atoms with Gasteiger partial charge < -0.3 is 10.1 Å². The van der Waals surface area contributed by atoms with Crippen LogP contribution in [-0.4, -0.2) is 51.5 Å². The highest BCUT2D eigenvalue weighted by Gasteiger charge is 2.38. The molecule has 2 aromatic carbocycles. The van der Waals surface area contributed by atoms with Crippen LogP contribution >= 0.6 is 0 Å². The maximum atomic E-state index is 11.4. The number of rotatable bonds is 6. The van der Waals surface area contributed by atoms with Gasteiger partial charge in [0, 0.05) is 55.4 Å². The number of aromatic carboxylic acids is 1. The number of nitriles is 1. The summed E-state index contributed by atoms with van der Waals surface area (Å²) in [6, 6.07) is 15.2. The topological polar surface area (TPSA) is 83.4 Å². The van der Waals surface area contributed by atoms with Gasteiger partial charge in [0.1, 0.15) is 0 Å². The maximum absolute atomic E-state index is 11.4. The number of piperidine rings is 1. The molecule has 0 bridgehead atoms. The number of aryl methyl sites for hydroxylation is 1. The van der Waals surface area contributed by atoms with Crippen LogP contribution < -0.4 is 0 Å². The molecule has 1 aliphatic carbocycles. The Hall–Kier alpha value is -3.14. The molecule has 3 aliphatic rings. The van der Waals surface area contributed by atoms with E-state index in [0.717, 1.165) is 39.0 Å². The first-order chi connectivity index (χ1) is 17.0. The molecule has 3 aromatic rings. The molecule has 2 atom stereocenters. The van der Waals surface area contributed by atoms with Crippen LogP contribution in [0.2, 0.25) is 0 Å². The van der Waals surface area contributed by atoms with Crippen molar-refractivity contribution < 1.29 is 9.90 Å². The van der Waals surface area contributed by atoms with Crippen LogP contribution in [0.5, 0.6) is 0 Å². The highest BCUT2D eigenvalue weighted by atomic mass is 16.4. The lowest BCUT2D eigenvalue weighted by Gasteiger charge is -2.48. The van der Waals surface area contributed by atoms with E-state index in [1.807, 2.05) is 12.1 Å². The quantitative estimate of drug-likeness (QED) is 0.519. The molecule has 6 heteroatoms. The molecule has 35 heavy (non-hydrogen) atoms. The van der Waals surface area contributed by atoms with Gasteiger partial charge in [-0.2, -0.15) is 5.26 Å². The zero-order chi connectivity index (χ0) is 24.1. The van der Waals surface area contributed by atoms with E-state index < -0.39 is 5.97 Å². The van der Waals surface area contributed by atoms with E-state index in [4.69, 9.17) is 0 Å². The van der Waals surface area contributed by atoms with Crippen molar-refractivity contribution in [1.82, 2.24) is 14.8 Å². The number of likely N-dealkylation sites (tertiary alicyclic amines) is 2. The predicted molar refractivity (Wildman–Crippen MR) is 135 cm³/mol. The monoisotopic (exact) mass is 468 g/mol. The normalized spacial score (nSPS) is 23.8. The fourth-order valence-corrected chi connectivity index (χ4v) is 6.24. The highest BCUT2D eigenvalue weighted by molar-refractivity contribution is 5.88. The highest BCUT2D eigenvalue weighted by Crippen LogP contribution is 2.45. The van der Waals surface area contributed by atoms with Gasteiger partial charge >= 0.3 is 5.97 Å². The maximum Gasteiger partial charge on any atom is 0.335 e. The number of carboxylic acid groups (broad SMARTS) is 1. The third-order valence-corrected chi connectivity index (χ3v) is 8.40. The summed E-state index contributed by atoms with van der Waals surface area (Å²) in [4.78, 5) is 20.0. The number of aromatic nitrogens is 1. The first-order valence-corrected chi connectivity index (χ1v) is 12.8. The van der Waals surface area contributed by atoms with Crippen LogP contribution in [0.15, 0.2) is 42.6 Å². The summed E-state index contributed by atoms with van der Waals surface area (Å²) in [5.74, 6) is -0.0451. The first kappa shape index (κ1) is 22.3. The number of benzene rings is 2. The lowest BCUT2D eigenvalue weighted by atomic mass is 9.86. The zero-order valence-electron chi connectivity index (χ0n) is 20.2. The molecular weight excluding hydrogens is 436 g/mol. The first-order valence-electron chi connectivity index (χ1n) is 12.8. The molecule has 2 saturated heterocycles. The van der Waals surface area contributed by atoms with Crippen molar-refractivity contribution in [3.05, 3.63) is 70.4 Å². The Morgan fingerprint density at radius 2 is 1.94 bits per heavy atom. The van der Waals surface area contributed by atoms with Crippen LogP contribution in [0, 0.1) is 24.2 Å². The van der Waals surface area contributed by atoms with Crippen molar-refractivity contribution in [1.29, 1.82) is 5.26 Å². The molecular formula is C29H32N4O2. The molecule has 3 fully saturated rings. The van der Waals surface area contributed by atoms with E-state index in [-0.39, 0.29) is 12.0 Å². The van der Waals surface area contributed by atoms with E-state index in [9.17, 15) is 15.2 Å². The largest absolute Gasteiger partial charge is 0.478 e. The molecule has 0 unspecified atom stereocenters. The van der Waals surface area contributed by atoms with Crippen molar-refractivity contribution >= 4 is 16.9 Å².